The van der Waals surface area contributed by atoms with Crippen molar-refractivity contribution in [3.63, 3.8) is 0 Å². The van der Waals surface area contributed by atoms with E-state index in [0.29, 0.717) is 24.0 Å². The predicted molar refractivity (Wildman–Crippen MR) is 91.3 cm³/mol. The molecule has 1 aliphatic carbocycles. The molecule has 118 valence electrons. The molecular formula is C19H31NO. The van der Waals surface area contributed by atoms with Gasteiger partial charge >= 0.3 is 0 Å². The first kappa shape index (κ1) is 16.4. The molecule has 0 saturated heterocycles. The summed E-state index contributed by atoms with van der Waals surface area (Å²) < 4.78 is 5.55. The average Bonchev–Trinajstić information content (AvgIpc) is 2.47. The first-order valence-corrected chi connectivity index (χ1v) is 8.44. The van der Waals surface area contributed by atoms with Gasteiger partial charge in [-0.25, -0.2) is 0 Å². The number of hydrogen-bond acceptors (Lipinski definition) is 2. The molecular weight excluding hydrogens is 258 g/mol. The monoisotopic (exact) mass is 289 g/mol. The zero-order valence-corrected chi connectivity index (χ0v) is 14.3. The maximum Gasteiger partial charge on any atom is 0.0590 e. The summed E-state index contributed by atoms with van der Waals surface area (Å²) in [5, 5.41) is 3.78. The van der Waals surface area contributed by atoms with Crippen molar-refractivity contribution < 1.29 is 4.74 Å². The van der Waals surface area contributed by atoms with Gasteiger partial charge in [0.05, 0.1) is 6.10 Å². The van der Waals surface area contributed by atoms with Crippen molar-refractivity contribution in [3.05, 3.63) is 29.3 Å². The van der Waals surface area contributed by atoms with E-state index in [4.69, 9.17) is 4.74 Å². The summed E-state index contributed by atoms with van der Waals surface area (Å²) in [6.45, 7) is 9.08. The van der Waals surface area contributed by atoms with Crippen LogP contribution in [0.4, 0.5) is 5.69 Å². The average molecular weight is 289 g/mol. The molecule has 0 spiro atoms. The zero-order valence-electron chi connectivity index (χ0n) is 14.3. The Morgan fingerprint density at radius 2 is 1.86 bits per heavy atom. The maximum absolute atomic E-state index is 5.55. The first-order chi connectivity index (χ1) is 10.0. The van der Waals surface area contributed by atoms with Crippen molar-refractivity contribution in [1.82, 2.24) is 0 Å². The quantitative estimate of drug-likeness (QED) is 0.794. The maximum atomic E-state index is 5.55. The van der Waals surface area contributed by atoms with E-state index in [1.54, 1.807) is 0 Å². The van der Waals surface area contributed by atoms with Crippen LogP contribution >= 0.6 is 0 Å². The largest absolute Gasteiger partial charge is 0.382 e. The third-order valence-corrected chi connectivity index (χ3v) is 4.68. The van der Waals surface area contributed by atoms with Gasteiger partial charge in [0.15, 0.2) is 0 Å². The standard InChI is InChI=1S/C19H31NO/c1-13(2)15-9-10-19(18(11-15)14(3)4)20-16-7-6-8-17(12-16)21-5/h9-11,13-14,16-17,20H,6-8,12H2,1-5H3. The molecule has 2 atom stereocenters. The number of methoxy groups -OCH3 is 1. The van der Waals surface area contributed by atoms with Gasteiger partial charge in [-0.3, -0.25) is 0 Å². The third-order valence-electron chi connectivity index (χ3n) is 4.68. The molecule has 2 heteroatoms. The zero-order chi connectivity index (χ0) is 15.4. The Bertz CT molecular complexity index is 453. The molecule has 2 unspecified atom stereocenters. The van der Waals surface area contributed by atoms with Crippen LogP contribution in [0.2, 0.25) is 0 Å². The van der Waals surface area contributed by atoms with Gasteiger partial charge in [-0.15, -0.1) is 0 Å². The topological polar surface area (TPSA) is 21.3 Å². The van der Waals surface area contributed by atoms with E-state index in [2.05, 4.69) is 51.2 Å². The lowest BCUT2D eigenvalue weighted by Crippen LogP contribution is -2.31. The van der Waals surface area contributed by atoms with E-state index >= 15 is 0 Å². The van der Waals surface area contributed by atoms with Crippen LogP contribution in [0, 0.1) is 0 Å². The van der Waals surface area contributed by atoms with Gasteiger partial charge in [0.1, 0.15) is 0 Å². The highest BCUT2D eigenvalue weighted by atomic mass is 16.5. The van der Waals surface area contributed by atoms with Crippen LogP contribution < -0.4 is 5.32 Å². The Morgan fingerprint density at radius 1 is 1.10 bits per heavy atom. The second-order valence-corrected chi connectivity index (χ2v) is 7.02. The van der Waals surface area contributed by atoms with Crippen molar-refractivity contribution in [2.75, 3.05) is 12.4 Å². The molecule has 1 aromatic carbocycles. The highest BCUT2D eigenvalue weighted by molar-refractivity contribution is 5.55. The number of anilines is 1. The van der Waals surface area contributed by atoms with Crippen molar-refractivity contribution in [3.8, 4) is 0 Å². The summed E-state index contributed by atoms with van der Waals surface area (Å²) in [6.07, 6.45) is 5.27. The Hall–Kier alpha value is -1.02. The van der Waals surface area contributed by atoms with Crippen molar-refractivity contribution in [2.24, 2.45) is 0 Å². The molecule has 0 amide bonds. The molecule has 21 heavy (non-hydrogen) atoms. The van der Waals surface area contributed by atoms with E-state index in [1.165, 1.54) is 36.1 Å². The van der Waals surface area contributed by atoms with Crippen LogP contribution in [0.1, 0.15) is 76.3 Å². The van der Waals surface area contributed by atoms with E-state index in [9.17, 15) is 0 Å². The molecule has 0 heterocycles. The normalized spacial score (nSPS) is 22.8. The second kappa shape index (κ2) is 7.31. The van der Waals surface area contributed by atoms with Crippen LogP contribution in [0.15, 0.2) is 18.2 Å². The highest BCUT2D eigenvalue weighted by Gasteiger charge is 2.22. The SMILES string of the molecule is COC1CCCC(Nc2ccc(C(C)C)cc2C(C)C)C1. The number of ether oxygens (including phenoxy) is 1. The Labute approximate surface area is 130 Å². The summed E-state index contributed by atoms with van der Waals surface area (Å²) in [4.78, 5) is 0. The Morgan fingerprint density at radius 3 is 2.48 bits per heavy atom. The van der Waals surface area contributed by atoms with Crippen LogP contribution in [0.3, 0.4) is 0 Å². The fourth-order valence-electron chi connectivity index (χ4n) is 3.26. The summed E-state index contributed by atoms with van der Waals surface area (Å²) in [6, 6.07) is 7.48. The lowest BCUT2D eigenvalue weighted by atomic mass is 9.90. The van der Waals surface area contributed by atoms with Crippen molar-refractivity contribution >= 4 is 5.69 Å². The Balaban J connectivity index is 2.15. The van der Waals surface area contributed by atoms with E-state index in [1.807, 2.05) is 7.11 Å². The molecule has 1 N–H and O–H groups in total. The van der Waals surface area contributed by atoms with E-state index in [-0.39, 0.29) is 0 Å². The van der Waals surface area contributed by atoms with Crippen LogP contribution in [-0.4, -0.2) is 19.3 Å². The number of rotatable bonds is 5. The molecule has 2 rings (SSSR count). The minimum Gasteiger partial charge on any atom is -0.382 e. The highest BCUT2D eigenvalue weighted by Crippen LogP contribution is 2.31. The fourth-order valence-corrected chi connectivity index (χ4v) is 3.26. The number of hydrogen-bond donors (Lipinski definition) is 1. The summed E-state index contributed by atoms with van der Waals surface area (Å²) >= 11 is 0. The molecule has 1 aliphatic rings. The van der Waals surface area contributed by atoms with Crippen molar-refractivity contribution in [2.45, 2.75) is 77.4 Å². The van der Waals surface area contributed by atoms with Gasteiger partial charge in [0.25, 0.3) is 0 Å². The molecule has 1 saturated carbocycles. The number of nitrogens with one attached hydrogen (secondary N) is 1. The van der Waals surface area contributed by atoms with Gasteiger partial charge in [-0.1, -0.05) is 39.8 Å². The van der Waals surface area contributed by atoms with Gasteiger partial charge in [0, 0.05) is 18.8 Å². The molecule has 0 radical (unpaired) electrons. The summed E-state index contributed by atoms with van der Waals surface area (Å²) in [5.41, 5.74) is 4.19. The molecule has 2 nitrogen and oxygen atoms in total. The third kappa shape index (κ3) is 4.23. The minimum absolute atomic E-state index is 0.425. The molecule has 1 aromatic rings. The van der Waals surface area contributed by atoms with E-state index in [0.717, 1.165) is 6.42 Å². The molecule has 1 fully saturated rings. The van der Waals surface area contributed by atoms with Gasteiger partial charge in [0.2, 0.25) is 0 Å². The van der Waals surface area contributed by atoms with Crippen LogP contribution in [0.5, 0.6) is 0 Å². The Kier molecular flexibility index (Phi) is 5.69. The smallest absolute Gasteiger partial charge is 0.0590 e. The second-order valence-electron chi connectivity index (χ2n) is 7.02. The molecule has 0 aliphatic heterocycles. The van der Waals surface area contributed by atoms with Crippen molar-refractivity contribution in [1.29, 1.82) is 0 Å². The van der Waals surface area contributed by atoms with Gasteiger partial charge < -0.3 is 10.1 Å². The van der Waals surface area contributed by atoms with E-state index < -0.39 is 0 Å². The lowest BCUT2D eigenvalue weighted by Gasteiger charge is -2.31. The fraction of sp³-hybridized carbons (Fsp3) is 0.684. The predicted octanol–water partition coefficient (Wildman–Crippen LogP) is 5.30. The van der Waals surface area contributed by atoms with Crippen LogP contribution in [-0.2, 0) is 4.74 Å². The van der Waals surface area contributed by atoms with Crippen LogP contribution in [0.25, 0.3) is 0 Å². The first-order valence-electron chi connectivity index (χ1n) is 8.44. The van der Waals surface area contributed by atoms with Gasteiger partial charge in [-0.05, 0) is 54.7 Å². The molecule has 0 bridgehead atoms. The summed E-state index contributed by atoms with van der Waals surface area (Å²) in [5.74, 6) is 1.14. The minimum atomic E-state index is 0.425. The van der Waals surface area contributed by atoms with Gasteiger partial charge in [-0.2, -0.15) is 0 Å². The summed E-state index contributed by atoms with van der Waals surface area (Å²) in [7, 11) is 1.84. The number of benzene rings is 1. The lowest BCUT2D eigenvalue weighted by molar-refractivity contribution is 0.0669. The molecule has 0 aromatic heterocycles.